The van der Waals surface area contributed by atoms with Crippen LogP contribution in [0.4, 0.5) is 10.5 Å². The third-order valence-electron chi connectivity index (χ3n) is 7.55. The maximum atomic E-state index is 13.8. The van der Waals surface area contributed by atoms with Gasteiger partial charge in [0.2, 0.25) is 15.9 Å². The molecule has 1 saturated heterocycles. The highest BCUT2D eigenvalue weighted by molar-refractivity contribution is 7.89. The molecular weight excluding hydrogens is 596 g/mol. The summed E-state index contributed by atoms with van der Waals surface area (Å²) in [5.74, 6) is -1.03. The number of hydrogen-bond acceptors (Lipinski definition) is 6. The zero-order chi connectivity index (χ0) is 32.6. The number of hydrogen-bond donors (Lipinski definition) is 3. The van der Waals surface area contributed by atoms with Crippen molar-refractivity contribution in [1.29, 1.82) is 0 Å². The van der Waals surface area contributed by atoms with Gasteiger partial charge in [-0.1, -0.05) is 69.7 Å². The molecule has 0 radical (unpaired) electrons. The highest BCUT2D eigenvalue weighted by Gasteiger charge is 2.41. The van der Waals surface area contributed by atoms with E-state index in [0.29, 0.717) is 11.6 Å². The first kappa shape index (κ1) is 33.5. The quantitative estimate of drug-likeness (QED) is 0.266. The van der Waals surface area contributed by atoms with E-state index in [1.807, 2.05) is 31.2 Å². The van der Waals surface area contributed by atoms with E-state index in [4.69, 9.17) is 9.84 Å². The maximum absolute atomic E-state index is 13.8. The van der Waals surface area contributed by atoms with E-state index >= 15 is 0 Å². The van der Waals surface area contributed by atoms with Gasteiger partial charge in [-0.3, -0.25) is 4.79 Å². The number of nitrogens with one attached hydrogen (secondary N) is 2. The second-order valence-corrected chi connectivity index (χ2v) is 13.1. The average Bonchev–Trinajstić information content (AvgIpc) is 3.03. The normalized spacial score (nSPS) is 15.5. The molecule has 1 unspecified atom stereocenters. The van der Waals surface area contributed by atoms with Crippen molar-refractivity contribution in [2.45, 2.75) is 57.0 Å². The average molecular weight is 637 g/mol. The minimum Gasteiger partial charge on any atom is -0.482 e. The molecule has 0 saturated carbocycles. The number of amides is 3. The minimum absolute atomic E-state index is 0.0502. The Hall–Kier alpha value is -4.42. The van der Waals surface area contributed by atoms with Crippen molar-refractivity contribution < 1.29 is 32.6 Å². The second-order valence-electron chi connectivity index (χ2n) is 11.2. The van der Waals surface area contributed by atoms with Gasteiger partial charge in [0, 0.05) is 37.9 Å². The smallest absolute Gasteiger partial charge is 0.341 e. The first-order valence-electron chi connectivity index (χ1n) is 15.0. The third kappa shape index (κ3) is 8.83. The van der Waals surface area contributed by atoms with E-state index in [1.165, 1.54) is 20.8 Å². The molecule has 3 amide bonds. The predicted octanol–water partition coefficient (Wildman–Crippen LogP) is 4.45. The van der Waals surface area contributed by atoms with Crippen LogP contribution in [0.25, 0.3) is 0 Å². The Kier molecular flexibility index (Phi) is 11.2. The van der Waals surface area contributed by atoms with Gasteiger partial charge in [-0.05, 0) is 53.3 Å². The fourth-order valence-corrected chi connectivity index (χ4v) is 6.61. The van der Waals surface area contributed by atoms with Gasteiger partial charge in [-0.2, -0.15) is 4.31 Å². The minimum atomic E-state index is -4.06. The van der Waals surface area contributed by atoms with Crippen LogP contribution in [-0.4, -0.2) is 72.9 Å². The number of aliphatic carboxylic acids is 1. The summed E-state index contributed by atoms with van der Waals surface area (Å²) in [5, 5.41) is 14.5. The molecule has 1 fully saturated rings. The summed E-state index contributed by atoms with van der Waals surface area (Å²) in [5.41, 5.74) is 3.41. The number of aryl methyl sites for hydroxylation is 1. The summed E-state index contributed by atoms with van der Waals surface area (Å²) in [6, 6.07) is 19.1. The van der Waals surface area contributed by atoms with Crippen molar-refractivity contribution in [1.82, 2.24) is 14.5 Å². The first-order chi connectivity index (χ1) is 21.5. The van der Waals surface area contributed by atoms with Gasteiger partial charge < -0.3 is 25.4 Å². The van der Waals surface area contributed by atoms with Crippen molar-refractivity contribution >= 4 is 33.6 Å². The molecule has 0 bridgehead atoms. The Morgan fingerprint density at radius 3 is 2.31 bits per heavy atom. The van der Waals surface area contributed by atoms with E-state index in [1.54, 1.807) is 42.5 Å². The summed E-state index contributed by atoms with van der Waals surface area (Å²) < 4.78 is 34.0. The molecule has 3 aromatic rings. The summed E-state index contributed by atoms with van der Waals surface area (Å²) in [6.07, 6.45) is 1.75. The number of anilines is 1. The van der Waals surface area contributed by atoms with Gasteiger partial charge in [0.25, 0.3) is 0 Å². The molecule has 240 valence electrons. The number of carboxylic acids is 1. The number of ether oxygens (including phenoxy) is 1. The van der Waals surface area contributed by atoms with Crippen molar-refractivity contribution in [3.8, 4) is 5.75 Å². The van der Waals surface area contributed by atoms with Crippen LogP contribution in [0.3, 0.4) is 0 Å². The number of carboxylic acid groups (broad SMARTS) is 1. The molecule has 3 aromatic carbocycles. The highest BCUT2D eigenvalue weighted by Crippen LogP contribution is 2.24. The molecule has 1 aliphatic rings. The van der Waals surface area contributed by atoms with Gasteiger partial charge in [0.05, 0.1) is 4.90 Å². The third-order valence-corrected chi connectivity index (χ3v) is 9.47. The van der Waals surface area contributed by atoms with E-state index in [2.05, 4.69) is 24.5 Å². The van der Waals surface area contributed by atoms with Crippen LogP contribution in [0.1, 0.15) is 49.8 Å². The van der Waals surface area contributed by atoms with Crippen molar-refractivity contribution in [3.05, 3.63) is 89.5 Å². The largest absolute Gasteiger partial charge is 0.482 e. The van der Waals surface area contributed by atoms with Crippen LogP contribution in [0.15, 0.2) is 77.7 Å². The Balaban J connectivity index is 1.53. The summed E-state index contributed by atoms with van der Waals surface area (Å²) in [4.78, 5) is 39.2. The van der Waals surface area contributed by atoms with Crippen molar-refractivity contribution in [3.63, 3.8) is 0 Å². The number of benzene rings is 3. The number of urea groups is 1. The molecule has 0 aliphatic carbocycles. The first-order valence-corrected chi connectivity index (χ1v) is 16.4. The number of carbonyl (C=O) groups excluding carboxylic acids is 2. The van der Waals surface area contributed by atoms with Crippen LogP contribution in [0, 0.1) is 0 Å². The monoisotopic (exact) mass is 636 g/mol. The van der Waals surface area contributed by atoms with E-state index in [0.717, 1.165) is 24.0 Å². The number of sulfonamides is 1. The van der Waals surface area contributed by atoms with Crippen LogP contribution in [-0.2, 0) is 32.6 Å². The van der Waals surface area contributed by atoms with Gasteiger partial charge in [0.1, 0.15) is 11.8 Å². The standard InChI is InChI=1S/C33H40N4O7S/c1-4-6-24-11-15-29(16-12-24)45(42,43)37-18-17-36(33(41)35-27-7-5-8-28(19-27)44-22-31(38)39)21-30(37)32(40)34-20-25-9-13-26(14-10-25)23(2)3/h5,7-16,19,23,30H,4,6,17-18,20-22H2,1-3H3,(H,34,40)(H,35,41)(H,38,39). The lowest BCUT2D eigenvalue weighted by Crippen LogP contribution is -2.61. The van der Waals surface area contributed by atoms with Crippen LogP contribution < -0.4 is 15.4 Å². The van der Waals surface area contributed by atoms with Gasteiger partial charge in [0.15, 0.2) is 6.61 Å². The fourth-order valence-electron chi connectivity index (χ4n) is 5.04. The predicted molar refractivity (Wildman–Crippen MR) is 171 cm³/mol. The summed E-state index contributed by atoms with van der Waals surface area (Å²) >= 11 is 0. The number of rotatable bonds is 12. The lowest BCUT2D eigenvalue weighted by Gasteiger charge is -2.39. The fraction of sp³-hybridized carbons (Fsp3) is 0.364. The maximum Gasteiger partial charge on any atom is 0.341 e. The van der Waals surface area contributed by atoms with Crippen LogP contribution in [0.5, 0.6) is 5.75 Å². The molecule has 1 aliphatic heterocycles. The Bertz CT molecular complexity index is 1590. The lowest BCUT2D eigenvalue weighted by molar-refractivity contribution is -0.139. The van der Waals surface area contributed by atoms with Crippen LogP contribution >= 0.6 is 0 Å². The van der Waals surface area contributed by atoms with Gasteiger partial charge in [-0.25, -0.2) is 18.0 Å². The molecule has 11 nitrogen and oxygen atoms in total. The molecule has 1 atom stereocenters. The van der Waals surface area contributed by atoms with E-state index in [-0.39, 0.29) is 36.8 Å². The topological polar surface area (TPSA) is 145 Å². The Labute approximate surface area is 264 Å². The molecule has 12 heteroatoms. The molecule has 0 aromatic heterocycles. The lowest BCUT2D eigenvalue weighted by atomic mass is 10.0. The highest BCUT2D eigenvalue weighted by atomic mass is 32.2. The Morgan fingerprint density at radius 2 is 1.67 bits per heavy atom. The molecule has 4 rings (SSSR count). The zero-order valence-corrected chi connectivity index (χ0v) is 26.5. The molecule has 45 heavy (non-hydrogen) atoms. The summed E-state index contributed by atoms with van der Waals surface area (Å²) in [7, 11) is -4.06. The molecule has 0 spiro atoms. The van der Waals surface area contributed by atoms with Crippen molar-refractivity contribution in [2.75, 3.05) is 31.6 Å². The van der Waals surface area contributed by atoms with Crippen LogP contribution in [0.2, 0.25) is 0 Å². The molecule has 3 N–H and O–H groups in total. The Morgan fingerprint density at radius 1 is 0.978 bits per heavy atom. The summed E-state index contributed by atoms with van der Waals surface area (Å²) in [6.45, 7) is 5.69. The number of piperazine rings is 1. The van der Waals surface area contributed by atoms with E-state index < -0.39 is 40.6 Å². The zero-order valence-electron chi connectivity index (χ0n) is 25.7. The number of carbonyl (C=O) groups is 3. The van der Waals surface area contributed by atoms with Crippen molar-refractivity contribution in [2.24, 2.45) is 0 Å². The van der Waals surface area contributed by atoms with E-state index in [9.17, 15) is 22.8 Å². The van der Waals surface area contributed by atoms with Gasteiger partial charge >= 0.3 is 12.0 Å². The number of nitrogens with zero attached hydrogens (tertiary/aromatic N) is 2. The SMILES string of the molecule is CCCc1ccc(S(=O)(=O)N2CCN(C(=O)Nc3cccc(OCC(=O)O)c3)CC2C(=O)NCc2ccc(C(C)C)cc2)cc1. The molecule has 1 heterocycles. The van der Waals surface area contributed by atoms with Gasteiger partial charge in [-0.15, -0.1) is 0 Å². The molecular formula is C33H40N4O7S. The second kappa shape index (κ2) is 15.0.